The van der Waals surface area contributed by atoms with E-state index in [4.69, 9.17) is 4.74 Å². The molecule has 1 fully saturated rings. The summed E-state index contributed by atoms with van der Waals surface area (Å²) in [5, 5.41) is 12.5. The van der Waals surface area contributed by atoms with E-state index in [0.29, 0.717) is 10.8 Å². The van der Waals surface area contributed by atoms with Gasteiger partial charge in [-0.2, -0.15) is 18.4 Å². The molecule has 2 nitrogen and oxygen atoms in total. The lowest BCUT2D eigenvalue weighted by atomic mass is 9.85. The van der Waals surface area contributed by atoms with Crippen LogP contribution in [0.5, 0.6) is 5.75 Å². The molecule has 1 aliphatic rings. The molecule has 5 heteroatoms. The third-order valence-corrected chi connectivity index (χ3v) is 5.59. The number of nitriles is 1. The van der Waals surface area contributed by atoms with Crippen molar-refractivity contribution in [2.75, 3.05) is 0 Å². The Morgan fingerprint density at radius 1 is 0.929 bits per heavy atom. The van der Waals surface area contributed by atoms with Crippen LogP contribution in [0.2, 0.25) is 0 Å². The Bertz CT molecular complexity index is 1050. The van der Waals surface area contributed by atoms with Gasteiger partial charge in [0.25, 0.3) is 0 Å². The van der Waals surface area contributed by atoms with Gasteiger partial charge in [-0.25, -0.2) is 0 Å². The van der Waals surface area contributed by atoms with Gasteiger partial charge < -0.3 is 4.74 Å². The fourth-order valence-electron chi connectivity index (χ4n) is 4.13. The predicted octanol–water partition coefficient (Wildman–Crippen LogP) is 6.86. The highest BCUT2D eigenvalue weighted by Crippen LogP contribution is 2.43. The highest BCUT2D eigenvalue weighted by atomic mass is 19.4. The minimum Gasteiger partial charge on any atom is -0.474 e. The Hall–Kier alpha value is -2.74. The molecule has 3 aromatic rings. The fraction of sp³-hybridized carbons (Fsp3) is 0.348. The van der Waals surface area contributed by atoms with Crippen LogP contribution >= 0.6 is 0 Å². The average Bonchev–Trinajstić information content (AvgIpc) is 2.70. The number of rotatable bonds is 3. The maximum Gasteiger partial charge on any atom is 0.419 e. The van der Waals surface area contributed by atoms with Gasteiger partial charge in [0.05, 0.1) is 5.56 Å². The van der Waals surface area contributed by atoms with Crippen LogP contribution in [0.25, 0.3) is 21.5 Å². The van der Waals surface area contributed by atoms with Crippen molar-refractivity contribution in [1.82, 2.24) is 0 Å². The second kappa shape index (κ2) is 7.35. The van der Waals surface area contributed by atoms with Crippen molar-refractivity contribution in [3.63, 3.8) is 0 Å². The smallest absolute Gasteiger partial charge is 0.419 e. The maximum absolute atomic E-state index is 13.7. The van der Waals surface area contributed by atoms with E-state index < -0.39 is 17.8 Å². The third kappa shape index (κ3) is 3.52. The van der Waals surface area contributed by atoms with Gasteiger partial charge in [-0.15, -0.1) is 0 Å². The number of ether oxygens (including phenoxy) is 1. The normalized spacial score (nSPS) is 16.8. The number of halogens is 3. The van der Waals surface area contributed by atoms with Crippen LogP contribution in [-0.4, -0.2) is 6.10 Å². The molecule has 0 spiro atoms. The van der Waals surface area contributed by atoms with Crippen LogP contribution < -0.4 is 4.74 Å². The van der Waals surface area contributed by atoms with E-state index in [1.54, 1.807) is 6.07 Å². The molecule has 1 saturated carbocycles. The summed E-state index contributed by atoms with van der Waals surface area (Å²) in [6.45, 7) is 0. The Morgan fingerprint density at radius 2 is 1.61 bits per heavy atom. The highest BCUT2D eigenvalue weighted by Gasteiger charge is 2.37. The van der Waals surface area contributed by atoms with Gasteiger partial charge in [0.1, 0.15) is 11.8 Å². The topological polar surface area (TPSA) is 33.0 Å². The lowest BCUT2D eigenvalue weighted by Gasteiger charge is -2.27. The lowest BCUT2D eigenvalue weighted by Crippen LogP contribution is -2.28. The van der Waals surface area contributed by atoms with E-state index in [-0.39, 0.29) is 11.7 Å². The number of hydrogen-bond acceptors (Lipinski definition) is 2. The molecule has 0 heterocycles. The van der Waals surface area contributed by atoms with Gasteiger partial charge >= 0.3 is 6.18 Å². The molecule has 1 aliphatic carbocycles. The lowest BCUT2D eigenvalue weighted by molar-refractivity contribution is -0.139. The minimum atomic E-state index is -4.55. The maximum atomic E-state index is 13.7. The second-order valence-corrected chi connectivity index (χ2v) is 7.43. The van der Waals surface area contributed by atoms with Crippen LogP contribution in [0.3, 0.4) is 0 Å². The van der Waals surface area contributed by atoms with E-state index in [1.807, 2.05) is 30.3 Å². The van der Waals surface area contributed by atoms with E-state index >= 15 is 0 Å². The summed E-state index contributed by atoms with van der Waals surface area (Å²) in [6.07, 6.45) is -0.736. The molecule has 0 bridgehead atoms. The minimum absolute atomic E-state index is 0.0319. The van der Waals surface area contributed by atoms with Crippen molar-refractivity contribution in [1.29, 1.82) is 5.26 Å². The molecule has 1 unspecified atom stereocenters. The van der Waals surface area contributed by atoms with Gasteiger partial charge in [-0.1, -0.05) is 49.6 Å². The number of hydrogen-bond donors (Lipinski definition) is 0. The molecule has 0 saturated heterocycles. The summed E-state index contributed by atoms with van der Waals surface area (Å²) < 4.78 is 47.0. The Balaban J connectivity index is 1.87. The van der Waals surface area contributed by atoms with Crippen LogP contribution in [0.15, 0.2) is 48.5 Å². The van der Waals surface area contributed by atoms with E-state index in [1.165, 1.54) is 6.07 Å². The summed E-state index contributed by atoms with van der Waals surface area (Å²) in [5.74, 6) is -0.261. The molecular weight excluding hydrogens is 363 g/mol. The third-order valence-electron chi connectivity index (χ3n) is 5.59. The highest BCUT2D eigenvalue weighted by molar-refractivity contribution is 6.01. The first-order valence-electron chi connectivity index (χ1n) is 9.56. The first-order chi connectivity index (χ1) is 13.5. The number of alkyl halides is 3. The summed E-state index contributed by atoms with van der Waals surface area (Å²) in [7, 11) is 0. The van der Waals surface area contributed by atoms with E-state index in [2.05, 4.69) is 6.07 Å². The first-order valence-corrected chi connectivity index (χ1v) is 9.56. The van der Waals surface area contributed by atoms with Crippen molar-refractivity contribution < 1.29 is 17.9 Å². The standard InChI is InChI=1S/C23H20F3NO/c24-23(25,26)20-11-10-18-12-16-8-4-5-9-17(16)13-19(18)22(20)28-21(14-27)15-6-2-1-3-7-15/h4-5,8-13,15,21H,1-3,6-7H2. The molecular formula is C23H20F3NO. The molecule has 0 radical (unpaired) electrons. The zero-order valence-corrected chi connectivity index (χ0v) is 15.3. The van der Waals surface area contributed by atoms with Crippen molar-refractivity contribution in [2.24, 2.45) is 5.92 Å². The molecule has 3 aromatic carbocycles. The van der Waals surface area contributed by atoms with Crippen molar-refractivity contribution in [3.8, 4) is 11.8 Å². The number of fused-ring (bicyclic) bond motifs is 2. The van der Waals surface area contributed by atoms with Gasteiger partial charge in [-0.3, -0.25) is 0 Å². The summed E-state index contributed by atoms with van der Waals surface area (Å²) in [5.41, 5.74) is -0.827. The van der Waals surface area contributed by atoms with Crippen LogP contribution in [0.4, 0.5) is 13.2 Å². The monoisotopic (exact) mass is 383 g/mol. The summed E-state index contributed by atoms with van der Waals surface area (Å²) in [6, 6.07) is 15.8. The van der Waals surface area contributed by atoms with Crippen LogP contribution in [0, 0.1) is 17.2 Å². The first kappa shape index (κ1) is 18.6. The summed E-state index contributed by atoms with van der Waals surface area (Å²) >= 11 is 0. The van der Waals surface area contributed by atoms with E-state index in [9.17, 15) is 18.4 Å². The predicted molar refractivity (Wildman–Crippen MR) is 103 cm³/mol. The van der Waals surface area contributed by atoms with Gasteiger partial charge in [0.2, 0.25) is 0 Å². The summed E-state index contributed by atoms with van der Waals surface area (Å²) in [4.78, 5) is 0. The second-order valence-electron chi connectivity index (χ2n) is 7.43. The largest absolute Gasteiger partial charge is 0.474 e. The zero-order valence-electron chi connectivity index (χ0n) is 15.3. The van der Waals surface area contributed by atoms with Crippen molar-refractivity contribution >= 4 is 21.5 Å². The average molecular weight is 383 g/mol. The molecule has 0 N–H and O–H groups in total. The van der Waals surface area contributed by atoms with E-state index in [0.717, 1.165) is 48.9 Å². The van der Waals surface area contributed by atoms with Gasteiger partial charge in [-0.05, 0) is 47.2 Å². The van der Waals surface area contributed by atoms with Gasteiger partial charge in [0, 0.05) is 11.3 Å². The molecule has 0 aromatic heterocycles. The fourth-order valence-corrected chi connectivity index (χ4v) is 4.13. The Kier molecular flexibility index (Phi) is 4.89. The molecule has 144 valence electrons. The Morgan fingerprint density at radius 3 is 2.25 bits per heavy atom. The quantitative estimate of drug-likeness (QED) is 0.463. The van der Waals surface area contributed by atoms with Crippen molar-refractivity contribution in [3.05, 3.63) is 54.1 Å². The van der Waals surface area contributed by atoms with Crippen molar-refractivity contribution in [2.45, 2.75) is 44.4 Å². The Labute approximate surface area is 161 Å². The number of nitrogens with zero attached hydrogens (tertiary/aromatic N) is 1. The molecule has 1 atom stereocenters. The molecule has 28 heavy (non-hydrogen) atoms. The van der Waals surface area contributed by atoms with Crippen LogP contribution in [-0.2, 0) is 6.18 Å². The molecule has 0 aliphatic heterocycles. The SMILES string of the molecule is N#CC(Oc1c(C(F)(F)F)ccc2cc3ccccc3cc12)C1CCCCC1. The molecule has 4 rings (SSSR count). The van der Waals surface area contributed by atoms with Gasteiger partial charge in [0.15, 0.2) is 6.10 Å². The zero-order chi connectivity index (χ0) is 19.7. The van der Waals surface area contributed by atoms with Crippen LogP contribution in [0.1, 0.15) is 37.7 Å². The number of benzene rings is 3. The molecule has 0 amide bonds.